The summed E-state index contributed by atoms with van der Waals surface area (Å²) in [5.74, 6) is -0.987. The summed E-state index contributed by atoms with van der Waals surface area (Å²) in [4.78, 5) is 16.1. The molecule has 0 fully saturated rings. The molecule has 0 aliphatic carbocycles. The Bertz CT molecular complexity index is 1370. The summed E-state index contributed by atoms with van der Waals surface area (Å²) in [6.45, 7) is -0.634. The van der Waals surface area contributed by atoms with E-state index in [0.29, 0.717) is 32.5 Å². The fraction of sp³-hybridized carbons (Fsp3) is 0.217. The number of carbonyl (C=O) groups is 1. The highest BCUT2D eigenvalue weighted by molar-refractivity contribution is 7.21. The number of alkyl halides is 6. The minimum atomic E-state index is -4.86. The number of benzene rings is 2. The van der Waals surface area contributed by atoms with Gasteiger partial charge in [-0.25, -0.2) is 4.98 Å². The Morgan fingerprint density at radius 2 is 1.71 bits per heavy atom. The van der Waals surface area contributed by atoms with Gasteiger partial charge in [-0.1, -0.05) is 36.4 Å². The zero-order valence-electron chi connectivity index (χ0n) is 17.6. The monoisotopic (exact) mass is 530 g/mol. The molecule has 0 spiro atoms. The maximum Gasteiger partial charge on any atom is 0.435 e. The number of rotatable bonds is 6. The van der Waals surface area contributed by atoms with Crippen molar-refractivity contribution >= 4 is 38.7 Å². The molecule has 0 atom stereocenters. The highest BCUT2D eigenvalue weighted by Gasteiger charge is 2.40. The van der Waals surface area contributed by atoms with E-state index in [4.69, 9.17) is 5.11 Å². The van der Waals surface area contributed by atoms with Crippen molar-refractivity contribution in [3.05, 3.63) is 75.1 Å². The predicted molar refractivity (Wildman–Crippen MR) is 122 cm³/mol. The van der Waals surface area contributed by atoms with Crippen molar-refractivity contribution < 1.29 is 36.2 Å². The van der Waals surface area contributed by atoms with Crippen LogP contribution < -0.4 is 5.32 Å². The summed E-state index contributed by atoms with van der Waals surface area (Å²) in [6.07, 6.45) is -9.12. The largest absolute Gasteiger partial charge is 0.435 e. The number of aliphatic hydroxyl groups is 1. The van der Waals surface area contributed by atoms with Crippen LogP contribution in [-0.4, -0.2) is 29.1 Å². The molecule has 2 aromatic carbocycles. The molecule has 4 nitrogen and oxygen atoms in total. The molecule has 0 saturated heterocycles. The van der Waals surface area contributed by atoms with Crippen molar-refractivity contribution in [2.24, 2.45) is 0 Å². The molecule has 2 aromatic heterocycles. The number of thiazole rings is 1. The Morgan fingerprint density at radius 1 is 0.971 bits per heavy atom. The third-order valence-corrected chi connectivity index (χ3v) is 7.23. The lowest BCUT2D eigenvalue weighted by atomic mass is 10.1. The summed E-state index contributed by atoms with van der Waals surface area (Å²) in [5.41, 5.74) is -1.24. The van der Waals surface area contributed by atoms with Crippen LogP contribution in [0.25, 0.3) is 20.7 Å². The Hall–Kier alpha value is -2.96. The second-order valence-corrected chi connectivity index (χ2v) is 9.62. The van der Waals surface area contributed by atoms with Gasteiger partial charge in [0.2, 0.25) is 0 Å². The molecule has 0 radical (unpaired) electrons. The Kier molecular flexibility index (Phi) is 6.89. The van der Waals surface area contributed by atoms with E-state index in [1.54, 1.807) is 30.3 Å². The quantitative estimate of drug-likeness (QED) is 0.285. The number of halogens is 6. The number of nitrogens with one attached hydrogen (secondary N) is 1. The van der Waals surface area contributed by atoms with Crippen LogP contribution in [0, 0.1) is 0 Å². The number of aromatic nitrogens is 1. The van der Waals surface area contributed by atoms with Gasteiger partial charge in [-0.3, -0.25) is 4.79 Å². The molecule has 2 heterocycles. The van der Waals surface area contributed by atoms with Gasteiger partial charge in [0, 0.05) is 28.1 Å². The van der Waals surface area contributed by atoms with Crippen LogP contribution in [0.3, 0.4) is 0 Å². The highest BCUT2D eigenvalue weighted by Crippen LogP contribution is 2.42. The van der Waals surface area contributed by atoms with Crippen molar-refractivity contribution in [1.29, 1.82) is 0 Å². The average molecular weight is 531 g/mol. The Labute approximate surface area is 202 Å². The number of aliphatic hydroxyl groups excluding tert-OH is 1. The molecule has 184 valence electrons. The van der Waals surface area contributed by atoms with Gasteiger partial charge in [-0.2, -0.15) is 26.3 Å². The number of nitrogens with zero attached hydrogens (tertiary/aromatic N) is 1. The molecule has 0 saturated carbocycles. The third kappa shape index (κ3) is 5.49. The number of carbonyl (C=O) groups excluding carboxylic acids is 1. The van der Waals surface area contributed by atoms with E-state index >= 15 is 0 Å². The molecule has 1 amide bonds. The van der Waals surface area contributed by atoms with Gasteiger partial charge >= 0.3 is 12.4 Å². The van der Waals surface area contributed by atoms with Gasteiger partial charge in [-0.05, 0) is 23.1 Å². The Balaban J connectivity index is 1.73. The average Bonchev–Trinajstić information content (AvgIpc) is 3.41. The fourth-order valence-electron chi connectivity index (χ4n) is 3.46. The van der Waals surface area contributed by atoms with Gasteiger partial charge < -0.3 is 10.4 Å². The van der Waals surface area contributed by atoms with Crippen LogP contribution in [0.4, 0.5) is 26.3 Å². The smallest absolute Gasteiger partial charge is 0.395 e. The molecule has 0 aliphatic heterocycles. The van der Waals surface area contributed by atoms with Crippen molar-refractivity contribution in [2.45, 2.75) is 18.8 Å². The van der Waals surface area contributed by atoms with Gasteiger partial charge in [0.15, 0.2) is 5.69 Å². The molecule has 0 unspecified atom stereocenters. The first kappa shape index (κ1) is 25.1. The van der Waals surface area contributed by atoms with Gasteiger partial charge in [0.25, 0.3) is 5.91 Å². The van der Waals surface area contributed by atoms with Gasteiger partial charge in [0.1, 0.15) is 9.88 Å². The summed E-state index contributed by atoms with van der Waals surface area (Å²) >= 11 is 1.83. The molecule has 12 heteroatoms. The number of hydrogen-bond acceptors (Lipinski definition) is 5. The van der Waals surface area contributed by atoms with E-state index in [1.807, 2.05) is 0 Å². The summed E-state index contributed by atoms with van der Waals surface area (Å²) in [5, 5.41) is 11.8. The Morgan fingerprint density at radius 3 is 2.40 bits per heavy atom. The molecular weight excluding hydrogens is 514 g/mol. The second-order valence-electron chi connectivity index (χ2n) is 7.49. The summed E-state index contributed by atoms with van der Waals surface area (Å²) in [7, 11) is 0. The van der Waals surface area contributed by atoms with Crippen molar-refractivity contribution in [3.8, 4) is 10.6 Å². The maximum atomic E-state index is 13.6. The van der Waals surface area contributed by atoms with E-state index in [0.717, 1.165) is 17.0 Å². The van der Waals surface area contributed by atoms with Crippen LogP contribution in [0.2, 0.25) is 0 Å². The first-order valence-electron chi connectivity index (χ1n) is 10.1. The van der Waals surface area contributed by atoms with Crippen molar-refractivity contribution in [2.75, 3.05) is 13.2 Å². The summed E-state index contributed by atoms with van der Waals surface area (Å²) < 4.78 is 80.4. The van der Waals surface area contributed by atoms with E-state index in [1.165, 1.54) is 17.4 Å². The van der Waals surface area contributed by atoms with E-state index in [9.17, 15) is 31.1 Å². The van der Waals surface area contributed by atoms with E-state index < -0.39 is 41.0 Å². The standard InChI is InChI=1S/C23H16F6N2O2S2/c24-22(25,26)14-5-1-3-12(9-14)10-15-11-13-4-2-6-16(17(13)34-15)21-31-19(23(27,28)29)18(35-21)20(33)30-7-8-32/h1-6,9,11,32H,7-8,10H2,(H,30,33). The third-order valence-electron chi connectivity index (χ3n) is 4.96. The number of thiophene rings is 1. The zero-order valence-corrected chi connectivity index (χ0v) is 19.3. The van der Waals surface area contributed by atoms with Crippen molar-refractivity contribution in [3.63, 3.8) is 0 Å². The van der Waals surface area contributed by atoms with Crippen molar-refractivity contribution in [1.82, 2.24) is 10.3 Å². The lowest BCUT2D eigenvalue weighted by Crippen LogP contribution is -2.27. The minimum absolute atomic E-state index is 0.00968. The molecule has 2 N–H and O–H groups in total. The molecule has 0 aliphatic rings. The topological polar surface area (TPSA) is 62.2 Å². The van der Waals surface area contributed by atoms with Crippen LogP contribution in [0.1, 0.15) is 31.4 Å². The van der Waals surface area contributed by atoms with Crippen LogP contribution in [0.15, 0.2) is 48.5 Å². The molecule has 4 aromatic rings. The van der Waals surface area contributed by atoms with E-state index in [2.05, 4.69) is 10.3 Å². The maximum absolute atomic E-state index is 13.6. The normalized spacial score (nSPS) is 12.3. The number of fused-ring (bicyclic) bond motifs is 1. The molecule has 0 bridgehead atoms. The SMILES string of the molecule is O=C(NCCO)c1sc(-c2cccc3cc(Cc4cccc(C(F)(F)F)c4)sc23)nc1C(F)(F)F. The van der Waals surface area contributed by atoms with Crippen LogP contribution >= 0.6 is 22.7 Å². The predicted octanol–water partition coefficient (Wildman–Crippen LogP) is 6.38. The first-order valence-corrected chi connectivity index (χ1v) is 11.8. The van der Waals surface area contributed by atoms with Crippen LogP contribution in [0.5, 0.6) is 0 Å². The number of hydrogen-bond donors (Lipinski definition) is 2. The fourth-order valence-corrected chi connectivity index (χ4v) is 5.77. The highest BCUT2D eigenvalue weighted by atomic mass is 32.1. The lowest BCUT2D eigenvalue weighted by molar-refractivity contribution is -0.141. The molecule has 35 heavy (non-hydrogen) atoms. The van der Waals surface area contributed by atoms with Gasteiger partial charge in [0.05, 0.1) is 12.2 Å². The summed E-state index contributed by atoms with van der Waals surface area (Å²) in [6, 6.07) is 11.7. The second kappa shape index (κ2) is 9.59. The number of amides is 1. The minimum Gasteiger partial charge on any atom is -0.395 e. The van der Waals surface area contributed by atoms with Gasteiger partial charge in [-0.15, -0.1) is 22.7 Å². The zero-order chi connectivity index (χ0) is 25.4. The molecule has 4 rings (SSSR count). The first-order chi connectivity index (χ1) is 16.5. The molecular formula is C23H16F6N2O2S2. The van der Waals surface area contributed by atoms with E-state index in [-0.39, 0.29) is 18.0 Å². The van der Waals surface area contributed by atoms with Crippen LogP contribution in [-0.2, 0) is 18.8 Å². The lowest BCUT2D eigenvalue weighted by Gasteiger charge is -2.08.